The normalized spacial score (nSPS) is 11.2. The Bertz CT molecular complexity index is 1020. The minimum absolute atomic E-state index is 0.0367. The molecule has 0 aliphatic carbocycles. The van der Waals surface area contributed by atoms with Crippen molar-refractivity contribution in [3.8, 4) is 5.75 Å². The van der Waals surface area contributed by atoms with Crippen LogP contribution in [0.15, 0.2) is 77.7 Å². The number of ether oxygens (including phenoxy) is 1. The van der Waals surface area contributed by atoms with Gasteiger partial charge in [0, 0.05) is 5.02 Å². The quantitative estimate of drug-likeness (QED) is 0.587. The van der Waals surface area contributed by atoms with E-state index in [2.05, 4.69) is 0 Å². The molecule has 0 heterocycles. The van der Waals surface area contributed by atoms with E-state index in [1.165, 1.54) is 41.7 Å². The van der Waals surface area contributed by atoms with Gasteiger partial charge < -0.3 is 4.74 Å². The van der Waals surface area contributed by atoms with Gasteiger partial charge in [0.25, 0.3) is 10.0 Å². The Morgan fingerprint density at radius 2 is 1.67 bits per heavy atom. The molecule has 27 heavy (non-hydrogen) atoms. The number of hydrogen-bond acceptors (Lipinski definition) is 3. The van der Waals surface area contributed by atoms with E-state index < -0.39 is 15.8 Å². The first-order valence-electron chi connectivity index (χ1n) is 8.07. The van der Waals surface area contributed by atoms with Crippen LogP contribution >= 0.6 is 11.6 Å². The van der Waals surface area contributed by atoms with Crippen LogP contribution in [0.2, 0.25) is 5.02 Å². The number of rotatable bonds is 6. The van der Waals surface area contributed by atoms with Crippen molar-refractivity contribution in [2.45, 2.75) is 11.4 Å². The third-order valence-electron chi connectivity index (χ3n) is 3.98. The molecule has 0 amide bonds. The number of benzene rings is 3. The highest BCUT2D eigenvalue weighted by atomic mass is 35.5. The Hall–Kier alpha value is -2.57. The molecule has 7 heteroatoms. The van der Waals surface area contributed by atoms with Crippen LogP contribution in [0.1, 0.15) is 5.56 Å². The van der Waals surface area contributed by atoms with Crippen LogP contribution in [0.5, 0.6) is 5.75 Å². The van der Waals surface area contributed by atoms with E-state index in [-0.39, 0.29) is 17.1 Å². The molecule has 0 unspecified atom stereocenters. The van der Waals surface area contributed by atoms with Crippen molar-refractivity contribution in [2.24, 2.45) is 0 Å². The molecule has 0 aliphatic heterocycles. The van der Waals surface area contributed by atoms with Gasteiger partial charge in [-0.25, -0.2) is 12.8 Å². The lowest BCUT2D eigenvalue weighted by Crippen LogP contribution is -2.30. The second kappa shape index (κ2) is 7.98. The second-order valence-corrected chi connectivity index (χ2v) is 8.09. The van der Waals surface area contributed by atoms with Crippen molar-refractivity contribution < 1.29 is 17.5 Å². The van der Waals surface area contributed by atoms with E-state index in [0.717, 1.165) is 5.56 Å². The summed E-state index contributed by atoms with van der Waals surface area (Å²) in [4.78, 5) is 0.0847. The Kier molecular flexibility index (Phi) is 5.68. The van der Waals surface area contributed by atoms with Crippen LogP contribution in [0, 0.1) is 5.82 Å². The summed E-state index contributed by atoms with van der Waals surface area (Å²) >= 11 is 5.91. The average Bonchev–Trinajstić information content (AvgIpc) is 2.67. The molecule has 0 atom stereocenters. The maximum absolute atomic E-state index is 13.8. The Morgan fingerprint density at radius 1 is 1.00 bits per heavy atom. The van der Waals surface area contributed by atoms with Gasteiger partial charge in [-0.2, -0.15) is 0 Å². The zero-order valence-corrected chi connectivity index (χ0v) is 16.0. The lowest BCUT2D eigenvalue weighted by Gasteiger charge is -2.25. The Balaban J connectivity index is 2.05. The summed E-state index contributed by atoms with van der Waals surface area (Å²) in [7, 11) is -2.42. The predicted molar refractivity (Wildman–Crippen MR) is 104 cm³/mol. The maximum Gasteiger partial charge on any atom is 0.264 e. The fourth-order valence-corrected chi connectivity index (χ4v) is 4.15. The minimum Gasteiger partial charge on any atom is -0.497 e. The first kappa shape index (κ1) is 19.2. The van der Waals surface area contributed by atoms with Gasteiger partial charge in [-0.05, 0) is 60.2 Å². The van der Waals surface area contributed by atoms with Crippen molar-refractivity contribution in [3.63, 3.8) is 0 Å². The zero-order valence-electron chi connectivity index (χ0n) is 14.5. The highest BCUT2D eigenvalue weighted by Gasteiger charge is 2.25. The SMILES string of the molecule is COc1ccc(S(=O)(=O)N(Cc2ccc(Cl)cc2)c2cccc(F)c2)cc1. The van der Waals surface area contributed by atoms with Gasteiger partial charge in [0.2, 0.25) is 0 Å². The molecule has 0 saturated heterocycles. The highest BCUT2D eigenvalue weighted by molar-refractivity contribution is 7.92. The van der Waals surface area contributed by atoms with Gasteiger partial charge >= 0.3 is 0 Å². The summed E-state index contributed by atoms with van der Waals surface area (Å²) in [5.74, 6) is 0.0301. The van der Waals surface area contributed by atoms with Crippen LogP contribution < -0.4 is 9.04 Å². The van der Waals surface area contributed by atoms with E-state index in [1.54, 1.807) is 42.5 Å². The largest absolute Gasteiger partial charge is 0.497 e. The summed E-state index contributed by atoms with van der Waals surface area (Å²) in [6.07, 6.45) is 0. The molecule has 3 rings (SSSR count). The van der Waals surface area contributed by atoms with Crippen molar-refractivity contribution >= 4 is 27.3 Å². The number of nitrogens with zero attached hydrogens (tertiary/aromatic N) is 1. The van der Waals surface area contributed by atoms with E-state index in [9.17, 15) is 12.8 Å². The number of anilines is 1. The van der Waals surface area contributed by atoms with Gasteiger partial charge in [0.15, 0.2) is 0 Å². The number of halogens is 2. The van der Waals surface area contributed by atoms with Crippen molar-refractivity contribution in [2.75, 3.05) is 11.4 Å². The van der Waals surface area contributed by atoms with Crippen LogP contribution in [-0.2, 0) is 16.6 Å². The molecule has 0 saturated carbocycles. The fourth-order valence-electron chi connectivity index (χ4n) is 2.58. The molecule has 0 bridgehead atoms. The number of hydrogen-bond donors (Lipinski definition) is 0. The van der Waals surface area contributed by atoms with Crippen LogP contribution in [-0.4, -0.2) is 15.5 Å². The zero-order chi connectivity index (χ0) is 19.4. The highest BCUT2D eigenvalue weighted by Crippen LogP contribution is 2.28. The summed E-state index contributed by atoms with van der Waals surface area (Å²) in [5, 5.41) is 0.550. The van der Waals surface area contributed by atoms with Crippen LogP contribution in [0.3, 0.4) is 0 Å². The molecule has 0 N–H and O–H groups in total. The maximum atomic E-state index is 13.8. The van der Waals surface area contributed by atoms with E-state index in [4.69, 9.17) is 16.3 Å². The van der Waals surface area contributed by atoms with E-state index in [1.807, 2.05) is 0 Å². The third kappa shape index (κ3) is 4.40. The molecule has 0 fully saturated rings. The van der Waals surface area contributed by atoms with Crippen molar-refractivity contribution in [1.82, 2.24) is 0 Å². The van der Waals surface area contributed by atoms with Gasteiger partial charge in [-0.1, -0.05) is 29.8 Å². The smallest absolute Gasteiger partial charge is 0.264 e. The van der Waals surface area contributed by atoms with Gasteiger partial charge in [0.1, 0.15) is 11.6 Å². The monoisotopic (exact) mass is 405 g/mol. The van der Waals surface area contributed by atoms with Crippen LogP contribution in [0.25, 0.3) is 0 Å². The molecule has 4 nitrogen and oxygen atoms in total. The lowest BCUT2D eigenvalue weighted by molar-refractivity contribution is 0.414. The van der Waals surface area contributed by atoms with Gasteiger partial charge in [-0.15, -0.1) is 0 Å². The molecule has 3 aromatic rings. The van der Waals surface area contributed by atoms with E-state index >= 15 is 0 Å². The summed E-state index contributed by atoms with van der Waals surface area (Å²) in [5.41, 5.74) is 0.960. The molecule has 0 aliphatic rings. The Morgan fingerprint density at radius 3 is 2.26 bits per heavy atom. The summed E-state index contributed by atoms with van der Waals surface area (Å²) in [6.45, 7) is 0.0367. The summed E-state index contributed by atoms with van der Waals surface area (Å²) < 4.78 is 46.5. The molecular formula is C20H17ClFNO3S. The summed E-state index contributed by atoms with van der Waals surface area (Å²) in [6, 6.07) is 18.4. The molecule has 0 spiro atoms. The molecular weight excluding hydrogens is 389 g/mol. The van der Waals surface area contributed by atoms with Crippen molar-refractivity contribution in [3.05, 3.63) is 89.2 Å². The number of methoxy groups -OCH3 is 1. The fraction of sp³-hybridized carbons (Fsp3) is 0.100. The minimum atomic E-state index is -3.93. The standard InChI is InChI=1S/C20H17ClFNO3S/c1-26-19-9-11-20(12-10-19)27(24,25)23(18-4-2-3-17(22)13-18)14-15-5-7-16(21)8-6-15/h2-13H,14H2,1H3. The Labute approximate surface area is 162 Å². The molecule has 0 aromatic heterocycles. The van der Waals surface area contributed by atoms with Gasteiger partial charge in [-0.3, -0.25) is 4.31 Å². The average molecular weight is 406 g/mol. The topological polar surface area (TPSA) is 46.6 Å². The van der Waals surface area contributed by atoms with E-state index in [0.29, 0.717) is 10.8 Å². The van der Waals surface area contributed by atoms with Crippen LogP contribution in [0.4, 0.5) is 10.1 Å². The van der Waals surface area contributed by atoms with Crippen molar-refractivity contribution in [1.29, 1.82) is 0 Å². The molecule has 140 valence electrons. The van der Waals surface area contributed by atoms with Gasteiger partial charge in [0.05, 0.1) is 24.2 Å². The predicted octanol–water partition coefficient (Wildman–Crippen LogP) is 4.88. The molecule has 3 aromatic carbocycles. The lowest BCUT2D eigenvalue weighted by atomic mass is 10.2. The third-order valence-corrected chi connectivity index (χ3v) is 6.02. The first-order valence-corrected chi connectivity index (χ1v) is 9.89. The molecule has 0 radical (unpaired) electrons. The second-order valence-electron chi connectivity index (χ2n) is 5.79. The first-order chi connectivity index (χ1) is 12.9. The number of sulfonamides is 1.